The average molecular weight is 345 g/mol. The fourth-order valence-electron chi connectivity index (χ4n) is 3.92. The average Bonchev–Trinajstić information content (AvgIpc) is 3.13. The Balaban J connectivity index is 1.53. The zero-order chi connectivity index (χ0) is 16.7. The van der Waals surface area contributed by atoms with E-state index in [1.165, 1.54) is 11.3 Å². The highest BCUT2D eigenvalue weighted by molar-refractivity contribution is 7.91. The number of nitrogens with zero attached hydrogens (tertiary/aromatic N) is 3. The summed E-state index contributed by atoms with van der Waals surface area (Å²) in [7, 11) is -2.88. The van der Waals surface area contributed by atoms with E-state index in [4.69, 9.17) is 0 Å². The summed E-state index contributed by atoms with van der Waals surface area (Å²) in [5.41, 5.74) is 3.86. The SMILES string of the molecule is CC1Cc2ccccc2N(Cc2cnn(C3CCS(=O)(=O)C3)c2)C1. The van der Waals surface area contributed by atoms with Crippen LogP contribution in [0.25, 0.3) is 0 Å². The van der Waals surface area contributed by atoms with Crippen LogP contribution in [0.1, 0.15) is 30.5 Å². The number of anilines is 1. The second kappa shape index (κ2) is 5.92. The number of benzene rings is 1. The summed E-state index contributed by atoms with van der Waals surface area (Å²) < 4.78 is 25.2. The second-order valence-electron chi connectivity index (χ2n) is 7.20. The van der Waals surface area contributed by atoms with E-state index in [2.05, 4.69) is 41.2 Å². The number of aromatic nitrogens is 2. The zero-order valence-electron chi connectivity index (χ0n) is 13.9. The van der Waals surface area contributed by atoms with Crippen molar-refractivity contribution in [2.45, 2.75) is 32.4 Å². The van der Waals surface area contributed by atoms with E-state index in [9.17, 15) is 8.42 Å². The molecule has 2 aliphatic rings. The van der Waals surface area contributed by atoms with Gasteiger partial charge in [-0.05, 0) is 30.4 Å². The molecule has 4 rings (SSSR count). The molecule has 2 atom stereocenters. The van der Waals surface area contributed by atoms with Crippen LogP contribution in [0, 0.1) is 5.92 Å². The molecule has 1 fully saturated rings. The van der Waals surface area contributed by atoms with Crippen LogP contribution in [0.2, 0.25) is 0 Å². The van der Waals surface area contributed by atoms with Crippen LogP contribution in [-0.2, 0) is 22.8 Å². The smallest absolute Gasteiger partial charge is 0.152 e. The molecule has 1 saturated heterocycles. The highest BCUT2D eigenvalue weighted by Crippen LogP contribution is 2.31. The van der Waals surface area contributed by atoms with E-state index in [-0.39, 0.29) is 17.5 Å². The van der Waals surface area contributed by atoms with Crippen molar-refractivity contribution in [1.29, 1.82) is 0 Å². The van der Waals surface area contributed by atoms with E-state index in [1.54, 1.807) is 0 Å². The predicted molar refractivity (Wildman–Crippen MR) is 94.9 cm³/mol. The van der Waals surface area contributed by atoms with Crippen LogP contribution < -0.4 is 4.90 Å². The summed E-state index contributed by atoms with van der Waals surface area (Å²) in [6, 6.07) is 8.60. The van der Waals surface area contributed by atoms with Gasteiger partial charge in [-0.25, -0.2) is 8.42 Å². The van der Waals surface area contributed by atoms with Gasteiger partial charge in [0.05, 0.1) is 23.7 Å². The van der Waals surface area contributed by atoms with Gasteiger partial charge in [0.1, 0.15) is 0 Å². The summed E-state index contributed by atoms with van der Waals surface area (Å²) in [6.45, 7) is 4.15. The van der Waals surface area contributed by atoms with Gasteiger partial charge in [0.15, 0.2) is 9.84 Å². The Morgan fingerprint density at radius 2 is 2.12 bits per heavy atom. The van der Waals surface area contributed by atoms with Crippen molar-refractivity contribution in [3.05, 3.63) is 47.8 Å². The van der Waals surface area contributed by atoms with E-state index < -0.39 is 9.84 Å². The third-order valence-corrected chi connectivity index (χ3v) is 6.79. The summed E-state index contributed by atoms with van der Waals surface area (Å²) in [5.74, 6) is 1.14. The van der Waals surface area contributed by atoms with Gasteiger partial charge in [0, 0.05) is 30.5 Å². The van der Waals surface area contributed by atoms with Gasteiger partial charge < -0.3 is 4.90 Å². The molecule has 24 heavy (non-hydrogen) atoms. The van der Waals surface area contributed by atoms with Gasteiger partial charge in [0.2, 0.25) is 0 Å². The largest absolute Gasteiger partial charge is 0.367 e. The number of sulfone groups is 1. The number of fused-ring (bicyclic) bond motifs is 1. The lowest BCUT2D eigenvalue weighted by Crippen LogP contribution is -2.33. The highest BCUT2D eigenvalue weighted by atomic mass is 32.2. The molecule has 128 valence electrons. The van der Waals surface area contributed by atoms with Crippen molar-refractivity contribution in [3.63, 3.8) is 0 Å². The molecule has 0 amide bonds. The molecule has 5 nitrogen and oxygen atoms in total. The van der Waals surface area contributed by atoms with Gasteiger partial charge in [-0.1, -0.05) is 25.1 Å². The van der Waals surface area contributed by atoms with Crippen LogP contribution in [0.3, 0.4) is 0 Å². The first-order valence-electron chi connectivity index (χ1n) is 8.56. The van der Waals surface area contributed by atoms with Crippen molar-refractivity contribution >= 4 is 15.5 Å². The quantitative estimate of drug-likeness (QED) is 0.857. The first kappa shape index (κ1) is 15.7. The fourth-order valence-corrected chi connectivity index (χ4v) is 5.62. The summed E-state index contributed by atoms with van der Waals surface area (Å²) >= 11 is 0. The topological polar surface area (TPSA) is 55.2 Å². The number of rotatable bonds is 3. The minimum absolute atomic E-state index is 0.00341. The predicted octanol–water partition coefficient (Wildman–Crippen LogP) is 2.44. The third-order valence-electron chi connectivity index (χ3n) is 5.04. The molecule has 2 unspecified atom stereocenters. The summed E-state index contributed by atoms with van der Waals surface area (Å²) in [5, 5.41) is 4.43. The van der Waals surface area contributed by atoms with E-state index >= 15 is 0 Å². The zero-order valence-corrected chi connectivity index (χ0v) is 14.7. The molecule has 0 bridgehead atoms. The Bertz CT molecular complexity index is 843. The van der Waals surface area contributed by atoms with Crippen LogP contribution >= 0.6 is 0 Å². The van der Waals surface area contributed by atoms with Crippen LogP contribution in [-0.4, -0.2) is 36.2 Å². The number of hydrogen-bond acceptors (Lipinski definition) is 4. The molecule has 2 aliphatic heterocycles. The Kier molecular flexibility index (Phi) is 3.87. The van der Waals surface area contributed by atoms with Crippen LogP contribution in [0.4, 0.5) is 5.69 Å². The van der Waals surface area contributed by atoms with Gasteiger partial charge in [-0.2, -0.15) is 5.10 Å². The molecule has 2 aromatic rings. The molecule has 3 heterocycles. The molecule has 0 spiro atoms. The molecule has 0 N–H and O–H groups in total. The normalized spacial score (nSPS) is 25.6. The molecule has 0 aliphatic carbocycles. The van der Waals surface area contributed by atoms with E-state index in [0.29, 0.717) is 12.3 Å². The molecule has 0 saturated carbocycles. The standard InChI is InChI=1S/C18H23N3O2S/c1-14-8-16-4-2-3-5-18(16)20(10-14)11-15-9-19-21(12-15)17-6-7-24(22,23)13-17/h2-5,9,12,14,17H,6-8,10-11,13H2,1H3. The molecular formula is C18H23N3O2S. The lowest BCUT2D eigenvalue weighted by molar-refractivity contribution is 0.498. The molecule has 1 aromatic carbocycles. The Morgan fingerprint density at radius 1 is 1.29 bits per heavy atom. The third kappa shape index (κ3) is 3.07. The maximum atomic E-state index is 11.7. The Labute approximate surface area is 143 Å². The Hall–Kier alpha value is -1.82. The Morgan fingerprint density at radius 3 is 2.92 bits per heavy atom. The van der Waals surface area contributed by atoms with E-state index in [1.807, 2.05) is 17.1 Å². The number of para-hydroxylation sites is 1. The fraction of sp³-hybridized carbons (Fsp3) is 0.500. The lowest BCUT2D eigenvalue weighted by atomic mass is 9.94. The maximum Gasteiger partial charge on any atom is 0.152 e. The van der Waals surface area contributed by atoms with Gasteiger partial charge >= 0.3 is 0 Å². The molecule has 1 aromatic heterocycles. The monoisotopic (exact) mass is 345 g/mol. The lowest BCUT2D eigenvalue weighted by Gasteiger charge is -2.34. The molecule has 6 heteroatoms. The highest BCUT2D eigenvalue weighted by Gasteiger charge is 2.30. The van der Waals surface area contributed by atoms with Crippen LogP contribution in [0.15, 0.2) is 36.7 Å². The summed E-state index contributed by atoms with van der Waals surface area (Å²) in [4.78, 5) is 2.41. The molecule has 0 radical (unpaired) electrons. The minimum Gasteiger partial charge on any atom is -0.367 e. The molecular weight excluding hydrogens is 322 g/mol. The van der Waals surface area contributed by atoms with Crippen molar-refractivity contribution in [2.75, 3.05) is 23.0 Å². The summed E-state index contributed by atoms with van der Waals surface area (Å²) in [6.07, 6.45) is 5.71. The maximum absolute atomic E-state index is 11.7. The van der Waals surface area contributed by atoms with Crippen molar-refractivity contribution in [3.8, 4) is 0 Å². The number of hydrogen-bond donors (Lipinski definition) is 0. The first-order chi connectivity index (χ1) is 11.5. The minimum atomic E-state index is -2.88. The van der Waals surface area contributed by atoms with E-state index in [0.717, 1.165) is 25.1 Å². The second-order valence-corrected chi connectivity index (χ2v) is 9.43. The van der Waals surface area contributed by atoms with Crippen molar-refractivity contribution in [2.24, 2.45) is 5.92 Å². The van der Waals surface area contributed by atoms with Crippen molar-refractivity contribution < 1.29 is 8.42 Å². The first-order valence-corrected chi connectivity index (χ1v) is 10.4. The van der Waals surface area contributed by atoms with Gasteiger partial charge in [-0.3, -0.25) is 4.68 Å². The van der Waals surface area contributed by atoms with Gasteiger partial charge in [-0.15, -0.1) is 0 Å². The van der Waals surface area contributed by atoms with Gasteiger partial charge in [0.25, 0.3) is 0 Å². The van der Waals surface area contributed by atoms with Crippen molar-refractivity contribution in [1.82, 2.24) is 9.78 Å². The van der Waals surface area contributed by atoms with Crippen LogP contribution in [0.5, 0.6) is 0 Å².